The number of aryl methyl sites for hydroxylation is 1. The van der Waals surface area contributed by atoms with Crippen LogP contribution in [0.5, 0.6) is 0 Å². The zero-order valence-electron chi connectivity index (χ0n) is 13.4. The Labute approximate surface area is 139 Å². The normalized spacial score (nSPS) is 19.5. The summed E-state index contributed by atoms with van der Waals surface area (Å²) >= 11 is 0. The van der Waals surface area contributed by atoms with Crippen molar-refractivity contribution in [3.63, 3.8) is 0 Å². The molecule has 7 nitrogen and oxygen atoms in total. The van der Waals surface area contributed by atoms with Crippen molar-refractivity contribution in [2.75, 3.05) is 18.6 Å². The minimum Gasteiger partial charge on any atom is -0.342 e. The van der Waals surface area contributed by atoms with Crippen LogP contribution < -0.4 is 5.56 Å². The monoisotopic (exact) mass is 349 g/mol. The van der Waals surface area contributed by atoms with Gasteiger partial charge >= 0.3 is 0 Å². The summed E-state index contributed by atoms with van der Waals surface area (Å²) in [5, 5.41) is 0.516. The number of benzene rings is 1. The van der Waals surface area contributed by atoms with Crippen LogP contribution in [-0.2, 0) is 21.2 Å². The van der Waals surface area contributed by atoms with Gasteiger partial charge in [-0.3, -0.25) is 14.2 Å². The number of hydrogen-bond acceptors (Lipinski definition) is 5. The first kappa shape index (κ1) is 16.6. The molecule has 0 radical (unpaired) electrons. The van der Waals surface area contributed by atoms with E-state index in [-0.39, 0.29) is 42.0 Å². The molecule has 2 heterocycles. The van der Waals surface area contributed by atoms with Gasteiger partial charge in [-0.1, -0.05) is 12.1 Å². The summed E-state index contributed by atoms with van der Waals surface area (Å²) in [5.74, 6) is -0.0204. The second kappa shape index (κ2) is 6.35. The number of rotatable bonds is 4. The maximum Gasteiger partial charge on any atom is 0.261 e. The van der Waals surface area contributed by atoms with E-state index in [4.69, 9.17) is 0 Å². The molecule has 2 aromatic rings. The maximum absolute atomic E-state index is 12.4. The Hall–Kier alpha value is -2.22. The van der Waals surface area contributed by atoms with E-state index in [2.05, 4.69) is 4.98 Å². The molecular formula is C16H19N3O4S. The summed E-state index contributed by atoms with van der Waals surface area (Å²) in [5.41, 5.74) is 0.442. The van der Waals surface area contributed by atoms with E-state index in [0.717, 1.165) is 0 Å². The molecule has 1 aromatic heterocycles. The lowest BCUT2D eigenvalue weighted by atomic mass is 10.2. The fraction of sp³-hybridized carbons (Fsp3) is 0.438. The number of carbonyl (C=O) groups is 1. The first-order chi connectivity index (χ1) is 11.4. The SMILES string of the molecule is CN(C(=O)CCn1cnc2ccccc2c1=O)C1CCS(=O)(=O)C1. The largest absolute Gasteiger partial charge is 0.342 e. The molecule has 1 saturated heterocycles. The lowest BCUT2D eigenvalue weighted by Crippen LogP contribution is -2.38. The number of amides is 1. The molecule has 0 bridgehead atoms. The molecule has 1 amide bonds. The molecule has 1 aliphatic heterocycles. The average molecular weight is 349 g/mol. The molecule has 3 rings (SSSR count). The Morgan fingerprint density at radius 2 is 2.12 bits per heavy atom. The molecule has 1 aromatic carbocycles. The van der Waals surface area contributed by atoms with Gasteiger partial charge in [-0.25, -0.2) is 13.4 Å². The molecule has 1 fully saturated rings. The molecule has 128 valence electrons. The van der Waals surface area contributed by atoms with Crippen LogP contribution in [0.1, 0.15) is 12.8 Å². The van der Waals surface area contributed by atoms with Crippen LogP contribution in [-0.4, -0.2) is 53.4 Å². The molecule has 1 aliphatic rings. The number of sulfone groups is 1. The Morgan fingerprint density at radius 3 is 2.83 bits per heavy atom. The van der Waals surface area contributed by atoms with Gasteiger partial charge in [-0.2, -0.15) is 0 Å². The van der Waals surface area contributed by atoms with Gasteiger partial charge < -0.3 is 4.90 Å². The van der Waals surface area contributed by atoms with Crippen LogP contribution in [0.3, 0.4) is 0 Å². The first-order valence-corrected chi connectivity index (χ1v) is 9.60. The van der Waals surface area contributed by atoms with Gasteiger partial charge in [-0.15, -0.1) is 0 Å². The molecule has 1 atom stereocenters. The van der Waals surface area contributed by atoms with Gasteiger partial charge in [0, 0.05) is 26.1 Å². The summed E-state index contributed by atoms with van der Waals surface area (Å²) in [6.45, 7) is 0.222. The zero-order chi connectivity index (χ0) is 17.3. The Bertz CT molecular complexity index is 936. The van der Waals surface area contributed by atoms with Crippen molar-refractivity contribution in [3.05, 3.63) is 40.9 Å². The minimum atomic E-state index is -3.03. The highest BCUT2D eigenvalue weighted by Gasteiger charge is 2.32. The fourth-order valence-electron chi connectivity index (χ4n) is 2.94. The van der Waals surface area contributed by atoms with Crippen molar-refractivity contribution in [2.24, 2.45) is 0 Å². The van der Waals surface area contributed by atoms with E-state index in [9.17, 15) is 18.0 Å². The molecule has 0 aliphatic carbocycles. The Kier molecular flexibility index (Phi) is 4.40. The average Bonchev–Trinajstić information content (AvgIpc) is 2.93. The van der Waals surface area contributed by atoms with Gasteiger partial charge in [0.2, 0.25) is 5.91 Å². The van der Waals surface area contributed by atoms with E-state index in [0.29, 0.717) is 17.3 Å². The summed E-state index contributed by atoms with van der Waals surface area (Å²) in [6.07, 6.45) is 2.05. The van der Waals surface area contributed by atoms with Crippen LogP contribution in [0.25, 0.3) is 10.9 Å². The minimum absolute atomic E-state index is 0.0206. The summed E-state index contributed by atoms with van der Waals surface area (Å²) < 4.78 is 24.5. The highest BCUT2D eigenvalue weighted by Crippen LogP contribution is 2.17. The van der Waals surface area contributed by atoms with Gasteiger partial charge in [0.1, 0.15) is 0 Å². The number of fused-ring (bicyclic) bond motifs is 1. The third-order valence-corrected chi connectivity index (χ3v) is 6.20. The Morgan fingerprint density at radius 1 is 1.38 bits per heavy atom. The van der Waals surface area contributed by atoms with E-state index >= 15 is 0 Å². The predicted molar refractivity (Wildman–Crippen MR) is 90.4 cm³/mol. The molecule has 0 spiro atoms. The van der Waals surface area contributed by atoms with Gasteiger partial charge in [-0.05, 0) is 18.6 Å². The van der Waals surface area contributed by atoms with Crippen LogP contribution in [0.15, 0.2) is 35.4 Å². The molecule has 24 heavy (non-hydrogen) atoms. The van der Waals surface area contributed by atoms with E-state index < -0.39 is 9.84 Å². The smallest absolute Gasteiger partial charge is 0.261 e. The quantitative estimate of drug-likeness (QED) is 0.799. The molecule has 0 N–H and O–H groups in total. The van der Waals surface area contributed by atoms with E-state index in [1.54, 1.807) is 25.2 Å². The second-order valence-electron chi connectivity index (χ2n) is 6.07. The van der Waals surface area contributed by atoms with Gasteiger partial charge in [0.25, 0.3) is 5.56 Å². The van der Waals surface area contributed by atoms with Crippen molar-refractivity contribution in [1.82, 2.24) is 14.5 Å². The number of nitrogens with zero attached hydrogens (tertiary/aromatic N) is 3. The number of para-hydroxylation sites is 1. The molecule has 8 heteroatoms. The third-order valence-electron chi connectivity index (χ3n) is 4.45. The first-order valence-electron chi connectivity index (χ1n) is 7.78. The summed E-state index contributed by atoms with van der Waals surface area (Å²) in [6, 6.07) is 6.79. The lowest BCUT2D eigenvalue weighted by Gasteiger charge is -2.23. The van der Waals surface area contributed by atoms with Crippen LogP contribution in [0.2, 0.25) is 0 Å². The number of carbonyl (C=O) groups excluding carboxylic acids is 1. The van der Waals surface area contributed by atoms with E-state index in [1.807, 2.05) is 6.07 Å². The van der Waals surface area contributed by atoms with Crippen molar-refractivity contribution < 1.29 is 13.2 Å². The van der Waals surface area contributed by atoms with Crippen molar-refractivity contribution in [2.45, 2.75) is 25.4 Å². The Balaban J connectivity index is 1.68. The van der Waals surface area contributed by atoms with Crippen molar-refractivity contribution in [1.29, 1.82) is 0 Å². The van der Waals surface area contributed by atoms with Crippen molar-refractivity contribution >= 4 is 26.6 Å². The number of aromatic nitrogens is 2. The number of hydrogen-bond donors (Lipinski definition) is 0. The van der Waals surface area contributed by atoms with Crippen molar-refractivity contribution in [3.8, 4) is 0 Å². The lowest BCUT2D eigenvalue weighted by molar-refractivity contribution is -0.131. The molecule has 1 unspecified atom stereocenters. The van der Waals surface area contributed by atoms with Crippen LogP contribution in [0.4, 0.5) is 0 Å². The maximum atomic E-state index is 12.4. The van der Waals surface area contributed by atoms with Crippen LogP contribution >= 0.6 is 0 Å². The second-order valence-corrected chi connectivity index (χ2v) is 8.30. The highest BCUT2D eigenvalue weighted by atomic mass is 32.2. The van der Waals surface area contributed by atoms with Gasteiger partial charge in [0.05, 0.1) is 28.7 Å². The predicted octanol–water partition coefficient (Wildman–Crippen LogP) is 0.432. The summed E-state index contributed by atoms with van der Waals surface area (Å²) in [7, 11) is -1.41. The van der Waals surface area contributed by atoms with Crippen LogP contribution in [0, 0.1) is 0 Å². The van der Waals surface area contributed by atoms with E-state index in [1.165, 1.54) is 15.8 Å². The molecular weight excluding hydrogens is 330 g/mol. The highest BCUT2D eigenvalue weighted by molar-refractivity contribution is 7.91. The topological polar surface area (TPSA) is 89.3 Å². The summed E-state index contributed by atoms with van der Waals surface area (Å²) in [4.78, 5) is 30.4. The molecule has 0 saturated carbocycles. The third kappa shape index (κ3) is 3.33. The fourth-order valence-corrected chi connectivity index (χ4v) is 4.72. The zero-order valence-corrected chi connectivity index (χ0v) is 14.2. The standard InChI is InChI=1S/C16H19N3O4S/c1-18(12-7-9-24(22,23)10-12)15(20)6-8-19-11-17-14-5-3-2-4-13(14)16(19)21/h2-5,11-12H,6-10H2,1H3. The van der Waals surface area contributed by atoms with Gasteiger partial charge in [0.15, 0.2) is 9.84 Å².